The molecule has 33 heavy (non-hydrogen) atoms. The second kappa shape index (κ2) is 9.84. The van der Waals surface area contributed by atoms with Gasteiger partial charge in [-0.15, -0.1) is 0 Å². The van der Waals surface area contributed by atoms with Gasteiger partial charge in [0.25, 0.3) is 0 Å². The summed E-state index contributed by atoms with van der Waals surface area (Å²) in [5.41, 5.74) is 1.88. The van der Waals surface area contributed by atoms with Crippen LogP contribution < -0.4 is 0 Å². The van der Waals surface area contributed by atoms with Crippen LogP contribution in [0, 0.1) is 11.3 Å². The van der Waals surface area contributed by atoms with E-state index in [1.54, 1.807) is 6.92 Å². The van der Waals surface area contributed by atoms with Crippen molar-refractivity contribution >= 4 is 17.9 Å². The molecule has 0 fully saturated rings. The first-order chi connectivity index (χ1) is 15.5. The van der Waals surface area contributed by atoms with Crippen molar-refractivity contribution < 1.29 is 33.7 Å². The van der Waals surface area contributed by atoms with Crippen molar-refractivity contribution in [1.82, 2.24) is 0 Å². The van der Waals surface area contributed by atoms with Crippen molar-refractivity contribution in [2.24, 2.45) is 11.3 Å². The minimum absolute atomic E-state index is 0.288. The second-order valence-electron chi connectivity index (χ2n) is 9.76. The number of ether oxygens (including phenoxy) is 3. The maximum atomic E-state index is 12.6. The molecular formula is C26H36O7. The summed E-state index contributed by atoms with van der Waals surface area (Å²) >= 11 is 0. The highest BCUT2D eigenvalue weighted by atomic mass is 16.6. The van der Waals surface area contributed by atoms with E-state index in [0.717, 1.165) is 11.1 Å². The summed E-state index contributed by atoms with van der Waals surface area (Å²) in [5, 5.41) is 11.8. The van der Waals surface area contributed by atoms with Crippen LogP contribution in [-0.4, -0.2) is 47.4 Å². The highest BCUT2D eigenvalue weighted by molar-refractivity contribution is 5.92. The third kappa shape index (κ3) is 4.79. The van der Waals surface area contributed by atoms with Crippen LogP contribution in [-0.2, 0) is 28.6 Å². The van der Waals surface area contributed by atoms with Crippen molar-refractivity contribution in [3.8, 4) is 0 Å². The highest BCUT2D eigenvalue weighted by Crippen LogP contribution is 2.52. The molecule has 0 bridgehead atoms. The Morgan fingerprint density at radius 1 is 1.21 bits per heavy atom. The lowest BCUT2D eigenvalue weighted by molar-refractivity contribution is -0.185. The van der Waals surface area contributed by atoms with E-state index in [9.17, 15) is 19.5 Å². The second-order valence-corrected chi connectivity index (χ2v) is 9.76. The maximum Gasteiger partial charge on any atom is 0.334 e. The van der Waals surface area contributed by atoms with Gasteiger partial charge in [-0.2, -0.15) is 0 Å². The Labute approximate surface area is 195 Å². The molecular weight excluding hydrogens is 424 g/mol. The smallest absolute Gasteiger partial charge is 0.334 e. The van der Waals surface area contributed by atoms with Crippen LogP contribution in [0.5, 0.6) is 0 Å². The molecule has 0 aromatic rings. The molecule has 6 atom stereocenters. The van der Waals surface area contributed by atoms with Crippen molar-refractivity contribution in [2.75, 3.05) is 0 Å². The van der Waals surface area contributed by atoms with E-state index in [4.69, 9.17) is 14.2 Å². The van der Waals surface area contributed by atoms with Crippen molar-refractivity contribution in [1.29, 1.82) is 0 Å². The van der Waals surface area contributed by atoms with Crippen LogP contribution in [0.1, 0.15) is 73.6 Å². The Morgan fingerprint density at radius 3 is 2.55 bits per heavy atom. The van der Waals surface area contributed by atoms with Crippen LogP contribution in [0.3, 0.4) is 0 Å². The average Bonchev–Trinajstić information content (AvgIpc) is 2.99. The van der Waals surface area contributed by atoms with Crippen LogP contribution in [0.25, 0.3) is 0 Å². The maximum absolute atomic E-state index is 12.6. The number of aliphatic hydroxyl groups excluding tert-OH is 1. The minimum atomic E-state index is -1.07. The first-order valence-corrected chi connectivity index (χ1v) is 11.8. The number of esters is 3. The van der Waals surface area contributed by atoms with Gasteiger partial charge in [-0.05, 0) is 46.1 Å². The van der Waals surface area contributed by atoms with Crippen LogP contribution in [0.4, 0.5) is 0 Å². The van der Waals surface area contributed by atoms with Gasteiger partial charge in [-0.3, -0.25) is 9.59 Å². The standard InChI is InChI=1S/C26H36O7/c1-7-8-21(28)33-20-11-9-14(2)13-18-22(16(4)25(30)32-18)24(29)23-15(3)10-12-19(26(20,23)6)31-17(5)27/h10,13,18-20,23-24,29H,7-9,11-12H2,1-6H3/b14-13-/t18-,19-,20+,23+,24-,26+/m0/s1. The molecule has 0 unspecified atom stereocenters. The lowest BCUT2D eigenvalue weighted by atomic mass is 9.58. The van der Waals surface area contributed by atoms with Gasteiger partial charge in [-0.25, -0.2) is 4.79 Å². The summed E-state index contributed by atoms with van der Waals surface area (Å²) in [6.07, 6.45) is 3.44. The summed E-state index contributed by atoms with van der Waals surface area (Å²) in [7, 11) is 0. The number of aliphatic hydroxyl groups is 1. The molecule has 1 aliphatic heterocycles. The third-order valence-electron chi connectivity index (χ3n) is 7.39. The zero-order valence-corrected chi connectivity index (χ0v) is 20.5. The number of hydrogen-bond donors (Lipinski definition) is 1. The number of rotatable bonds is 4. The molecule has 0 aromatic heterocycles. The predicted octanol–water partition coefficient (Wildman–Crippen LogP) is 3.95. The first-order valence-electron chi connectivity index (χ1n) is 11.8. The summed E-state index contributed by atoms with van der Waals surface area (Å²) in [5.74, 6) is -1.72. The van der Waals surface area contributed by atoms with Gasteiger partial charge in [0.05, 0.1) is 11.5 Å². The SMILES string of the molecule is CCCC(=O)O[C@@H]1CC/C(C)=C\[C@@H]2OC(=O)C(C)=C2[C@H](O)[C@H]2C(C)=CC[C@H](OC(C)=O)[C@@]21C. The Morgan fingerprint density at radius 2 is 1.91 bits per heavy atom. The van der Waals surface area contributed by atoms with Crippen molar-refractivity contribution in [3.05, 3.63) is 34.4 Å². The Balaban J connectivity index is 2.20. The van der Waals surface area contributed by atoms with Crippen LogP contribution >= 0.6 is 0 Å². The van der Waals surface area contributed by atoms with E-state index in [1.807, 2.05) is 39.8 Å². The van der Waals surface area contributed by atoms with E-state index in [0.29, 0.717) is 36.8 Å². The minimum Gasteiger partial charge on any atom is -0.462 e. The molecule has 0 spiro atoms. The predicted molar refractivity (Wildman–Crippen MR) is 122 cm³/mol. The van der Waals surface area contributed by atoms with Crippen molar-refractivity contribution in [3.63, 3.8) is 0 Å². The summed E-state index contributed by atoms with van der Waals surface area (Å²) in [4.78, 5) is 37.1. The van der Waals surface area contributed by atoms with Gasteiger partial charge in [0.1, 0.15) is 18.3 Å². The Bertz CT molecular complexity index is 912. The number of allylic oxidation sites excluding steroid dienone is 1. The highest BCUT2D eigenvalue weighted by Gasteiger charge is 2.57. The molecule has 7 nitrogen and oxygen atoms in total. The number of fused-ring (bicyclic) bond motifs is 2. The summed E-state index contributed by atoms with van der Waals surface area (Å²) in [6.45, 7) is 10.7. The zero-order chi connectivity index (χ0) is 24.5. The molecule has 0 radical (unpaired) electrons. The Kier molecular flexibility index (Phi) is 7.52. The van der Waals surface area contributed by atoms with E-state index in [-0.39, 0.29) is 12.4 Å². The number of hydrogen-bond acceptors (Lipinski definition) is 7. The van der Waals surface area contributed by atoms with Crippen LogP contribution in [0.15, 0.2) is 34.4 Å². The van der Waals surface area contributed by atoms with Gasteiger partial charge in [0.2, 0.25) is 0 Å². The summed E-state index contributed by atoms with van der Waals surface area (Å²) in [6, 6.07) is 0. The molecule has 7 heteroatoms. The molecule has 0 saturated carbocycles. The third-order valence-corrected chi connectivity index (χ3v) is 7.39. The molecule has 0 aromatic carbocycles. The first kappa shape index (κ1) is 25.2. The lowest BCUT2D eigenvalue weighted by Crippen LogP contribution is -2.57. The molecule has 0 amide bonds. The topological polar surface area (TPSA) is 99.1 Å². The van der Waals surface area contributed by atoms with Gasteiger partial charge in [-0.1, -0.05) is 31.1 Å². The quantitative estimate of drug-likeness (QED) is 0.385. The Hall–Kier alpha value is -2.41. The molecule has 2 aliphatic carbocycles. The largest absolute Gasteiger partial charge is 0.462 e. The van der Waals surface area contributed by atoms with Crippen molar-refractivity contribution in [2.45, 2.75) is 98.1 Å². The molecule has 3 rings (SSSR count). The fraction of sp³-hybridized carbons (Fsp3) is 0.654. The monoisotopic (exact) mass is 460 g/mol. The van der Waals surface area contributed by atoms with E-state index >= 15 is 0 Å². The number of carbonyl (C=O) groups excluding carboxylic acids is 3. The fourth-order valence-electron chi connectivity index (χ4n) is 5.65. The van der Waals surface area contributed by atoms with Gasteiger partial charge in [0.15, 0.2) is 0 Å². The van der Waals surface area contributed by atoms with Crippen LogP contribution in [0.2, 0.25) is 0 Å². The molecule has 0 saturated heterocycles. The van der Waals surface area contributed by atoms with Gasteiger partial charge in [0, 0.05) is 36.8 Å². The molecule has 1 N–H and O–H groups in total. The van der Waals surface area contributed by atoms with Gasteiger partial charge >= 0.3 is 17.9 Å². The van der Waals surface area contributed by atoms with E-state index < -0.39 is 47.7 Å². The van der Waals surface area contributed by atoms with Gasteiger partial charge < -0.3 is 19.3 Å². The van der Waals surface area contributed by atoms with E-state index in [1.165, 1.54) is 6.92 Å². The molecule has 182 valence electrons. The average molecular weight is 461 g/mol. The number of carbonyl (C=O) groups is 3. The normalized spacial score (nSPS) is 36.0. The fourth-order valence-corrected chi connectivity index (χ4v) is 5.65. The van der Waals surface area contributed by atoms with E-state index in [2.05, 4.69) is 0 Å². The molecule has 1 heterocycles. The zero-order valence-electron chi connectivity index (χ0n) is 20.5. The summed E-state index contributed by atoms with van der Waals surface area (Å²) < 4.78 is 17.4. The molecule has 3 aliphatic rings. The lowest BCUT2D eigenvalue weighted by Gasteiger charge is -2.52.